The van der Waals surface area contributed by atoms with Crippen LogP contribution in [0, 0.1) is 19.8 Å². The van der Waals surface area contributed by atoms with E-state index in [-0.39, 0.29) is 5.92 Å². The quantitative estimate of drug-likeness (QED) is 0.947. The molecule has 1 N–H and O–H groups in total. The number of aliphatic hydroxyl groups is 1. The Labute approximate surface area is 138 Å². The molecule has 0 radical (unpaired) electrons. The van der Waals surface area contributed by atoms with Crippen molar-refractivity contribution in [2.75, 3.05) is 18.0 Å². The second-order valence-corrected chi connectivity index (χ2v) is 6.86. The fraction of sp³-hybridized carbons (Fsp3) is 0.474. The summed E-state index contributed by atoms with van der Waals surface area (Å²) in [4.78, 5) is 11.4. The zero-order chi connectivity index (χ0) is 16.4. The summed E-state index contributed by atoms with van der Waals surface area (Å²) in [6, 6.07) is 10.4. The lowest BCUT2D eigenvalue weighted by Gasteiger charge is -2.43. The molecule has 1 aliphatic heterocycles. The first kappa shape index (κ1) is 15.9. The van der Waals surface area contributed by atoms with Crippen molar-refractivity contribution >= 4 is 5.82 Å². The van der Waals surface area contributed by atoms with Gasteiger partial charge in [0.15, 0.2) is 0 Å². The first-order valence-electron chi connectivity index (χ1n) is 8.27. The van der Waals surface area contributed by atoms with Crippen LogP contribution in [0.3, 0.4) is 0 Å². The van der Waals surface area contributed by atoms with Gasteiger partial charge in [0, 0.05) is 25.2 Å². The van der Waals surface area contributed by atoms with E-state index in [0.29, 0.717) is 0 Å². The number of piperidine rings is 1. The number of nitrogens with zero attached hydrogens (tertiary/aromatic N) is 3. The summed E-state index contributed by atoms with van der Waals surface area (Å²) in [5, 5.41) is 10.8. The first-order valence-corrected chi connectivity index (χ1v) is 8.27. The second kappa shape index (κ2) is 6.28. The highest BCUT2D eigenvalue weighted by Gasteiger charge is 2.38. The van der Waals surface area contributed by atoms with E-state index >= 15 is 0 Å². The number of anilines is 1. The number of hydrogen-bond donors (Lipinski definition) is 1. The predicted octanol–water partition coefficient (Wildman–Crippen LogP) is 2.91. The van der Waals surface area contributed by atoms with Crippen LogP contribution in [-0.4, -0.2) is 33.8 Å². The number of aromatic nitrogens is 2. The SMILES string of the molecule is Cc1cnc(C)c(N2CC[C@@](C)(O)[C@@H](Cc3ccccc3)C2)n1. The number of rotatable bonds is 3. The summed E-state index contributed by atoms with van der Waals surface area (Å²) in [5.74, 6) is 1.14. The van der Waals surface area contributed by atoms with E-state index in [4.69, 9.17) is 0 Å². The van der Waals surface area contributed by atoms with Gasteiger partial charge in [-0.25, -0.2) is 4.98 Å². The highest BCUT2D eigenvalue weighted by molar-refractivity contribution is 5.44. The molecular weight excluding hydrogens is 286 g/mol. The van der Waals surface area contributed by atoms with Crippen LogP contribution in [-0.2, 0) is 6.42 Å². The molecule has 0 unspecified atom stereocenters. The molecule has 0 aliphatic carbocycles. The van der Waals surface area contributed by atoms with Crippen LogP contribution >= 0.6 is 0 Å². The molecule has 0 amide bonds. The van der Waals surface area contributed by atoms with Crippen LogP contribution in [0.4, 0.5) is 5.82 Å². The molecule has 0 bridgehead atoms. The molecule has 1 saturated heterocycles. The van der Waals surface area contributed by atoms with Gasteiger partial charge in [-0.3, -0.25) is 4.98 Å². The van der Waals surface area contributed by atoms with Gasteiger partial charge >= 0.3 is 0 Å². The van der Waals surface area contributed by atoms with Crippen LogP contribution in [0.1, 0.15) is 30.3 Å². The Morgan fingerprint density at radius 3 is 2.74 bits per heavy atom. The Bertz CT molecular complexity index is 670. The Morgan fingerprint density at radius 2 is 2.00 bits per heavy atom. The summed E-state index contributed by atoms with van der Waals surface area (Å²) in [6.07, 6.45) is 3.43. The zero-order valence-corrected chi connectivity index (χ0v) is 14.2. The molecule has 4 heteroatoms. The van der Waals surface area contributed by atoms with E-state index in [1.165, 1.54) is 5.56 Å². The van der Waals surface area contributed by atoms with Crippen molar-refractivity contribution in [2.24, 2.45) is 5.92 Å². The molecule has 122 valence electrons. The molecule has 2 atom stereocenters. The fourth-order valence-corrected chi connectivity index (χ4v) is 3.32. The van der Waals surface area contributed by atoms with Crippen LogP contribution in [0.25, 0.3) is 0 Å². The minimum absolute atomic E-state index is 0.181. The lowest BCUT2D eigenvalue weighted by molar-refractivity contribution is -0.0168. The summed E-state index contributed by atoms with van der Waals surface area (Å²) >= 11 is 0. The van der Waals surface area contributed by atoms with Crippen LogP contribution in [0.2, 0.25) is 0 Å². The van der Waals surface area contributed by atoms with Crippen molar-refractivity contribution < 1.29 is 5.11 Å². The number of benzene rings is 1. The van der Waals surface area contributed by atoms with Crippen molar-refractivity contribution in [1.82, 2.24) is 9.97 Å². The van der Waals surface area contributed by atoms with Crippen LogP contribution in [0.5, 0.6) is 0 Å². The van der Waals surface area contributed by atoms with Gasteiger partial charge in [0.1, 0.15) is 5.82 Å². The Morgan fingerprint density at radius 1 is 1.26 bits per heavy atom. The minimum Gasteiger partial charge on any atom is -0.390 e. The highest BCUT2D eigenvalue weighted by atomic mass is 16.3. The first-order chi connectivity index (χ1) is 11.0. The average Bonchev–Trinajstić information content (AvgIpc) is 2.53. The summed E-state index contributed by atoms with van der Waals surface area (Å²) in [5.41, 5.74) is 2.52. The second-order valence-electron chi connectivity index (χ2n) is 6.86. The van der Waals surface area contributed by atoms with E-state index in [9.17, 15) is 5.11 Å². The summed E-state index contributed by atoms with van der Waals surface area (Å²) < 4.78 is 0. The molecule has 4 nitrogen and oxygen atoms in total. The number of hydrogen-bond acceptors (Lipinski definition) is 4. The van der Waals surface area contributed by atoms with Gasteiger partial charge in [-0.05, 0) is 39.2 Å². The summed E-state index contributed by atoms with van der Waals surface area (Å²) in [6.45, 7) is 7.56. The van der Waals surface area contributed by atoms with E-state index in [0.717, 1.165) is 43.1 Å². The van der Waals surface area contributed by atoms with Crippen LogP contribution in [0.15, 0.2) is 36.5 Å². The molecule has 1 aliphatic rings. The fourth-order valence-electron chi connectivity index (χ4n) is 3.32. The predicted molar refractivity (Wildman–Crippen MR) is 92.6 cm³/mol. The Hall–Kier alpha value is -1.94. The third-order valence-electron chi connectivity index (χ3n) is 4.88. The highest BCUT2D eigenvalue weighted by Crippen LogP contribution is 2.33. The molecule has 2 heterocycles. The van der Waals surface area contributed by atoms with Gasteiger partial charge in [0.05, 0.1) is 17.0 Å². The van der Waals surface area contributed by atoms with Gasteiger partial charge in [-0.1, -0.05) is 30.3 Å². The lowest BCUT2D eigenvalue weighted by Crippen LogP contribution is -2.51. The molecular formula is C19H25N3O. The van der Waals surface area contributed by atoms with Crippen molar-refractivity contribution in [3.05, 3.63) is 53.5 Å². The van der Waals surface area contributed by atoms with Crippen LogP contribution < -0.4 is 4.90 Å². The largest absolute Gasteiger partial charge is 0.390 e. The van der Waals surface area contributed by atoms with Crippen molar-refractivity contribution in [3.8, 4) is 0 Å². The third-order valence-corrected chi connectivity index (χ3v) is 4.88. The topological polar surface area (TPSA) is 49.2 Å². The summed E-state index contributed by atoms with van der Waals surface area (Å²) in [7, 11) is 0. The molecule has 1 aromatic carbocycles. The zero-order valence-electron chi connectivity index (χ0n) is 14.2. The maximum absolute atomic E-state index is 10.8. The van der Waals surface area contributed by atoms with Crippen molar-refractivity contribution in [2.45, 2.75) is 39.2 Å². The normalized spacial score (nSPS) is 24.7. The molecule has 1 fully saturated rings. The standard InChI is InChI=1S/C19H25N3O/c1-14-12-20-15(2)18(21-14)22-10-9-19(3,23)17(13-22)11-16-7-5-4-6-8-16/h4-8,12,17,23H,9-11,13H2,1-3H3/t17-,19+/m0/s1. The van der Waals surface area contributed by atoms with E-state index in [1.54, 1.807) is 6.20 Å². The minimum atomic E-state index is -0.641. The van der Waals surface area contributed by atoms with Gasteiger partial charge in [0.2, 0.25) is 0 Å². The van der Waals surface area contributed by atoms with Crippen molar-refractivity contribution in [3.63, 3.8) is 0 Å². The maximum atomic E-state index is 10.8. The average molecular weight is 311 g/mol. The van der Waals surface area contributed by atoms with Gasteiger partial charge in [-0.2, -0.15) is 0 Å². The lowest BCUT2D eigenvalue weighted by atomic mass is 9.79. The van der Waals surface area contributed by atoms with E-state index in [1.807, 2.05) is 26.8 Å². The maximum Gasteiger partial charge on any atom is 0.150 e. The van der Waals surface area contributed by atoms with E-state index < -0.39 is 5.60 Å². The van der Waals surface area contributed by atoms with E-state index in [2.05, 4.69) is 39.1 Å². The third kappa shape index (κ3) is 3.53. The van der Waals surface area contributed by atoms with Gasteiger partial charge in [-0.15, -0.1) is 0 Å². The van der Waals surface area contributed by atoms with Gasteiger partial charge in [0.25, 0.3) is 0 Å². The Kier molecular flexibility index (Phi) is 4.35. The Balaban J connectivity index is 1.82. The molecule has 23 heavy (non-hydrogen) atoms. The monoisotopic (exact) mass is 311 g/mol. The molecule has 3 rings (SSSR count). The molecule has 0 spiro atoms. The molecule has 1 aromatic heterocycles. The molecule has 2 aromatic rings. The smallest absolute Gasteiger partial charge is 0.150 e. The molecule has 0 saturated carbocycles. The van der Waals surface area contributed by atoms with Crippen molar-refractivity contribution in [1.29, 1.82) is 0 Å². The number of aryl methyl sites for hydroxylation is 2. The van der Waals surface area contributed by atoms with Gasteiger partial charge < -0.3 is 10.0 Å².